The van der Waals surface area contributed by atoms with Crippen molar-refractivity contribution in [3.63, 3.8) is 0 Å². The van der Waals surface area contributed by atoms with Crippen LogP contribution in [0.15, 0.2) is 4.99 Å². The first kappa shape index (κ1) is 23.2. The van der Waals surface area contributed by atoms with E-state index in [0.29, 0.717) is 11.3 Å². The van der Waals surface area contributed by atoms with Crippen LogP contribution in [0, 0.1) is 11.8 Å². The van der Waals surface area contributed by atoms with Crippen molar-refractivity contribution in [1.29, 1.82) is 0 Å². The maximum Gasteiger partial charge on any atom is 0.191 e. The Morgan fingerprint density at radius 3 is 2.60 bits per heavy atom. The van der Waals surface area contributed by atoms with Gasteiger partial charge in [0.05, 0.1) is 0 Å². The van der Waals surface area contributed by atoms with Crippen molar-refractivity contribution >= 4 is 40.7 Å². The number of guanidine groups is 1. The predicted molar refractivity (Wildman–Crippen MR) is 120 cm³/mol. The second-order valence-electron chi connectivity index (χ2n) is 7.72. The van der Waals surface area contributed by atoms with Gasteiger partial charge in [0, 0.05) is 41.4 Å². The Bertz CT molecular complexity index is 433. The summed E-state index contributed by atoms with van der Waals surface area (Å²) in [6, 6.07) is 0.417. The van der Waals surface area contributed by atoms with Gasteiger partial charge in [-0.05, 0) is 43.9 Å². The highest BCUT2D eigenvalue weighted by Gasteiger charge is 2.26. The van der Waals surface area contributed by atoms with Gasteiger partial charge in [0.2, 0.25) is 0 Å². The molecular formula is C19H38IN3OS. The van der Waals surface area contributed by atoms with Crippen molar-refractivity contribution in [3.05, 3.63) is 0 Å². The van der Waals surface area contributed by atoms with Gasteiger partial charge < -0.3 is 10.6 Å². The Kier molecular flexibility index (Phi) is 11.6. The molecule has 6 heteroatoms. The summed E-state index contributed by atoms with van der Waals surface area (Å²) in [6.45, 7) is 5.42. The third-order valence-corrected chi connectivity index (χ3v) is 7.48. The quantitative estimate of drug-likeness (QED) is 0.340. The van der Waals surface area contributed by atoms with Crippen molar-refractivity contribution in [1.82, 2.24) is 10.6 Å². The van der Waals surface area contributed by atoms with Crippen LogP contribution in [0.25, 0.3) is 0 Å². The second kappa shape index (κ2) is 12.5. The van der Waals surface area contributed by atoms with Crippen molar-refractivity contribution < 1.29 is 4.21 Å². The smallest absolute Gasteiger partial charge is 0.191 e. The van der Waals surface area contributed by atoms with E-state index < -0.39 is 10.8 Å². The molecular weight excluding hydrogens is 445 g/mol. The van der Waals surface area contributed by atoms with Gasteiger partial charge in [-0.15, -0.1) is 24.0 Å². The van der Waals surface area contributed by atoms with Crippen LogP contribution < -0.4 is 10.6 Å². The largest absolute Gasteiger partial charge is 0.356 e. The molecule has 0 bridgehead atoms. The first-order valence-corrected chi connectivity index (χ1v) is 11.3. The van der Waals surface area contributed by atoms with E-state index >= 15 is 0 Å². The van der Waals surface area contributed by atoms with Crippen LogP contribution in [0.4, 0.5) is 0 Å². The molecule has 2 saturated carbocycles. The van der Waals surface area contributed by atoms with Crippen LogP contribution in [-0.4, -0.2) is 40.8 Å². The van der Waals surface area contributed by atoms with E-state index in [2.05, 4.69) is 22.5 Å². The summed E-state index contributed by atoms with van der Waals surface area (Å²) in [7, 11) is 1.19. The molecule has 5 unspecified atom stereocenters. The Morgan fingerprint density at radius 1 is 1.16 bits per heavy atom. The molecule has 2 aliphatic carbocycles. The van der Waals surface area contributed by atoms with E-state index in [-0.39, 0.29) is 24.0 Å². The van der Waals surface area contributed by atoms with E-state index in [1.807, 2.05) is 14.0 Å². The van der Waals surface area contributed by atoms with Gasteiger partial charge in [-0.2, -0.15) is 0 Å². The molecule has 2 fully saturated rings. The maximum atomic E-state index is 12.1. The molecule has 2 rings (SSSR count). The number of nitrogens with zero attached hydrogens (tertiary/aromatic N) is 1. The standard InChI is InChI=1S/C19H37N3OS.HI/c1-4-24(23)18-10-6-9-17(14-18)22-19(20-3)21-12-11-16-8-5-7-15(2)13-16;/h15-18H,4-14H2,1-3H3,(H2,20,21,22);1H. The molecule has 0 aromatic carbocycles. The lowest BCUT2D eigenvalue weighted by atomic mass is 9.81. The molecule has 2 N–H and O–H groups in total. The Balaban J connectivity index is 0.00000312. The summed E-state index contributed by atoms with van der Waals surface area (Å²) in [5.74, 6) is 3.49. The number of hydrogen-bond donors (Lipinski definition) is 2. The van der Waals surface area contributed by atoms with Gasteiger partial charge in [0.15, 0.2) is 5.96 Å². The zero-order valence-corrected chi connectivity index (χ0v) is 19.4. The first-order chi connectivity index (χ1) is 11.6. The molecule has 0 radical (unpaired) electrons. The molecule has 0 spiro atoms. The van der Waals surface area contributed by atoms with Gasteiger partial charge in [-0.3, -0.25) is 9.20 Å². The van der Waals surface area contributed by atoms with Crippen LogP contribution in [0.3, 0.4) is 0 Å². The fourth-order valence-corrected chi connectivity index (χ4v) is 5.70. The minimum absolute atomic E-state index is 0. The van der Waals surface area contributed by atoms with Crippen LogP contribution in [0.1, 0.15) is 71.6 Å². The van der Waals surface area contributed by atoms with Gasteiger partial charge in [-0.25, -0.2) is 0 Å². The van der Waals surface area contributed by atoms with Crippen LogP contribution >= 0.6 is 24.0 Å². The number of nitrogens with one attached hydrogen (secondary N) is 2. The summed E-state index contributed by atoms with van der Waals surface area (Å²) in [4.78, 5) is 4.39. The molecule has 148 valence electrons. The second-order valence-corrected chi connectivity index (χ2v) is 9.73. The average molecular weight is 484 g/mol. The Morgan fingerprint density at radius 2 is 1.92 bits per heavy atom. The molecule has 0 amide bonds. The fourth-order valence-electron chi connectivity index (χ4n) is 4.36. The lowest BCUT2D eigenvalue weighted by molar-refractivity contribution is 0.270. The van der Waals surface area contributed by atoms with Crippen molar-refractivity contribution in [3.8, 4) is 0 Å². The molecule has 0 heterocycles. The third kappa shape index (κ3) is 8.14. The van der Waals surface area contributed by atoms with Gasteiger partial charge in [-0.1, -0.05) is 39.5 Å². The van der Waals surface area contributed by atoms with Crippen LogP contribution in [0.5, 0.6) is 0 Å². The fraction of sp³-hybridized carbons (Fsp3) is 0.947. The number of hydrogen-bond acceptors (Lipinski definition) is 2. The molecule has 5 atom stereocenters. The number of halogens is 1. The highest BCUT2D eigenvalue weighted by molar-refractivity contribution is 14.0. The van der Waals surface area contributed by atoms with E-state index in [9.17, 15) is 4.21 Å². The monoisotopic (exact) mass is 483 g/mol. The molecule has 0 aromatic heterocycles. The lowest BCUT2D eigenvalue weighted by Gasteiger charge is -2.30. The van der Waals surface area contributed by atoms with Gasteiger partial charge in [0.25, 0.3) is 0 Å². The highest BCUT2D eigenvalue weighted by atomic mass is 127. The average Bonchev–Trinajstić information content (AvgIpc) is 2.60. The molecule has 0 saturated heterocycles. The zero-order valence-electron chi connectivity index (χ0n) is 16.3. The van der Waals surface area contributed by atoms with Crippen molar-refractivity contribution in [2.75, 3.05) is 19.3 Å². The predicted octanol–water partition coefficient (Wildman–Crippen LogP) is 4.07. The summed E-state index contributed by atoms with van der Waals surface area (Å²) in [5.41, 5.74) is 0. The molecule has 0 aromatic rings. The molecule has 2 aliphatic rings. The summed E-state index contributed by atoms with van der Waals surface area (Å²) >= 11 is 0. The van der Waals surface area contributed by atoms with Crippen LogP contribution in [-0.2, 0) is 10.8 Å². The van der Waals surface area contributed by atoms with Gasteiger partial charge >= 0.3 is 0 Å². The normalized spacial score (nSPS) is 31.7. The minimum Gasteiger partial charge on any atom is -0.356 e. The minimum atomic E-state index is -0.663. The van der Waals surface area contributed by atoms with E-state index in [0.717, 1.165) is 49.4 Å². The molecule has 4 nitrogen and oxygen atoms in total. The summed E-state index contributed by atoms with van der Waals surface area (Å²) in [6.07, 6.45) is 11.3. The van der Waals surface area contributed by atoms with E-state index in [4.69, 9.17) is 0 Å². The molecule has 0 aliphatic heterocycles. The van der Waals surface area contributed by atoms with Crippen LogP contribution in [0.2, 0.25) is 0 Å². The van der Waals surface area contributed by atoms with E-state index in [1.54, 1.807) is 0 Å². The number of aliphatic imine (C=N–C) groups is 1. The maximum absolute atomic E-state index is 12.1. The van der Waals surface area contributed by atoms with E-state index in [1.165, 1.54) is 38.5 Å². The highest BCUT2D eigenvalue weighted by Crippen LogP contribution is 2.30. The lowest BCUT2D eigenvalue weighted by Crippen LogP contribution is -2.47. The Labute approximate surface area is 174 Å². The zero-order chi connectivity index (χ0) is 17.4. The van der Waals surface area contributed by atoms with Crippen molar-refractivity contribution in [2.24, 2.45) is 16.8 Å². The van der Waals surface area contributed by atoms with Crippen molar-refractivity contribution in [2.45, 2.75) is 82.9 Å². The number of rotatable bonds is 6. The summed E-state index contributed by atoms with van der Waals surface area (Å²) in [5, 5.41) is 7.43. The topological polar surface area (TPSA) is 53.5 Å². The first-order valence-electron chi connectivity index (χ1n) is 9.96. The molecule has 25 heavy (non-hydrogen) atoms. The SMILES string of the molecule is CCS(=O)C1CCCC(NC(=NC)NCCC2CCCC(C)C2)C1.I. The third-order valence-electron chi connectivity index (χ3n) is 5.74. The van der Waals surface area contributed by atoms with Gasteiger partial charge in [0.1, 0.15) is 0 Å². The Hall–Kier alpha value is 0.150. The summed E-state index contributed by atoms with van der Waals surface area (Å²) < 4.78 is 12.1.